The molecule has 382 valence electrons. The molecule has 4 aromatic carbocycles. The van der Waals surface area contributed by atoms with Gasteiger partial charge in [-0.1, -0.05) is 12.1 Å². The third-order valence-electron chi connectivity index (χ3n) is 12.5. The number of hydrogen-bond donors (Lipinski definition) is 1. The average Bonchev–Trinajstić information content (AvgIpc) is 3.60. The molecule has 2 aliphatic rings. The van der Waals surface area contributed by atoms with Crippen molar-refractivity contribution in [2.45, 2.75) is 89.7 Å². The van der Waals surface area contributed by atoms with Crippen LogP contribution in [0.15, 0.2) is 92.0 Å². The van der Waals surface area contributed by atoms with Gasteiger partial charge in [0.15, 0.2) is 5.71 Å². The van der Waals surface area contributed by atoms with E-state index in [1.54, 1.807) is 43.9 Å². The number of methoxy groups -OCH3 is 1. The normalized spacial score (nSPS) is 18.2. The van der Waals surface area contributed by atoms with Crippen molar-refractivity contribution < 1.29 is 88.8 Å². The van der Waals surface area contributed by atoms with E-state index in [1.807, 2.05) is 4.58 Å². The van der Waals surface area contributed by atoms with Crippen molar-refractivity contribution in [3.05, 3.63) is 83.6 Å². The first-order chi connectivity index (χ1) is 32.3. The first-order valence-electron chi connectivity index (χ1n) is 21.4. The Morgan fingerprint density at radius 3 is 1.80 bits per heavy atom. The largest absolute Gasteiger partial charge is 0.748 e. The molecule has 0 aliphatic carbocycles. The van der Waals surface area contributed by atoms with Crippen LogP contribution in [-0.4, -0.2) is 132 Å². The smallest absolute Gasteiger partial charge is 0.303 e. The Balaban J connectivity index is 1.62. The minimum Gasteiger partial charge on any atom is -0.748 e. The van der Waals surface area contributed by atoms with Gasteiger partial charge in [-0.2, -0.15) is 4.58 Å². The van der Waals surface area contributed by atoms with Crippen LogP contribution in [0.4, 0.5) is 11.4 Å². The second-order valence-electron chi connectivity index (χ2n) is 17.5. The van der Waals surface area contributed by atoms with Crippen LogP contribution >= 0.6 is 0 Å². The first-order valence-corrected chi connectivity index (χ1v) is 28.6. The van der Waals surface area contributed by atoms with E-state index >= 15 is 0 Å². The summed E-state index contributed by atoms with van der Waals surface area (Å²) in [6.45, 7) is 5.74. The molecule has 26 heteroatoms. The van der Waals surface area contributed by atoms with Gasteiger partial charge in [0.25, 0.3) is 0 Å². The molecule has 2 aliphatic heterocycles. The molecule has 0 saturated carbocycles. The number of carbonyl (C=O) groups is 1. The fraction of sp³-hybridized carbons (Fsp3) is 0.409. The second kappa shape index (κ2) is 20.1. The minimum absolute atomic E-state index is 0.0205. The Morgan fingerprint density at radius 1 is 0.700 bits per heavy atom. The van der Waals surface area contributed by atoms with Gasteiger partial charge in [-0.25, -0.2) is 42.1 Å². The number of allylic oxidation sites excluding steroid dienone is 4. The summed E-state index contributed by atoms with van der Waals surface area (Å²) in [6.07, 6.45) is 5.50. The highest BCUT2D eigenvalue weighted by atomic mass is 32.2. The number of aliphatic carboxylic acids is 1. The maximum absolute atomic E-state index is 12.7. The van der Waals surface area contributed by atoms with E-state index < -0.39 is 92.7 Å². The molecule has 1 unspecified atom stereocenters. The third kappa shape index (κ3) is 11.5. The fourth-order valence-corrected chi connectivity index (χ4v) is 12.7. The van der Waals surface area contributed by atoms with Crippen molar-refractivity contribution in [1.29, 1.82) is 0 Å². The van der Waals surface area contributed by atoms with Crippen LogP contribution in [0.25, 0.3) is 21.5 Å². The summed E-state index contributed by atoms with van der Waals surface area (Å²) in [7, 11) is -24.8. The lowest BCUT2D eigenvalue weighted by Crippen LogP contribution is -2.32. The Bertz CT molecular complexity index is 3460. The number of nitrogens with zero attached hydrogens (tertiary/aromatic N) is 2. The summed E-state index contributed by atoms with van der Waals surface area (Å²) < 4.78 is 199. The number of benzene rings is 4. The van der Waals surface area contributed by atoms with Crippen molar-refractivity contribution in [2.75, 3.05) is 50.7 Å². The van der Waals surface area contributed by atoms with Crippen LogP contribution < -0.4 is 4.90 Å². The quantitative estimate of drug-likeness (QED) is 0.0663. The van der Waals surface area contributed by atoms with Crippen LogP contribution in [0.5, 0.6) is 0 Å². The van der Waals surface area contributed by atoms with E-state index in [4.69, 9.17) is 9.47 Å². The fourth-order valence-electron chi connectivity index (χ4n) is 9.53. The minimum atomic E-state index is -5.43. The van der Waals surface area contributed by atoms with Crippen molar-refractivity contribution in [1.82, 2.24) is 0 Å². The monoisotopic (exact) mass is 1070 g/mol. The molecule has 1 atom stereocenters. The molecular formula is C44H48N2O19S5-4. The predicted octanol–water partition coefficient (Wildman–Crippen LogP) is 3.84. The Labute approximate surface area is 405 Å². The summed E-state index contributed by atoms with van der Waals surface area (Å²) in [5.74, 6) is -1.85. The highest BCUT2D eigenvalue weighted by Crippen LogP contribution is 2.54. The molecule has 70 heavy (non-hydrogen) atoms. The van der Waals surface area contributed by atoms with E-state index in [1.165, 1.54) is 31.4 Å². The summed E-state index contributed by atoms with van der Waals surface area (Å²) in [4.78, 5) is 9.09. The number of carboxylic acids is 1. The number of unbranched alkanes of at least 4 members (excludes halogenated alkanes) is 2. The van der Waals surface area contributed by atoms with Crippen molar-refractivity contribution in [2.24, 2.45) is 0 Å². The number of ether oxygens (including phenoxy) is 2. The zero-order valence-electron chi connectivity index (χ0n) is 38.1. The SMILES string of the molecule is COCCOCCN1C(=CC=CC2=[N+](CCCCCC(=O)O)c3ccc4c(S(=O)(=O)[O-])cc(S(=O)(=O)[O-])cc4c3C2(C)C)C(C)(CCCS(=O)(=O)[O-])c2c1ccc1c(S(=O)(=O)[O-])cc(S(=O)(=O)[O-])cc21. The highest BCUT2D eigenvalue weighted by Gasteiger charge is 2.47. The van der Waals surface area contributed by atoms with Crippen LogP contribution in [0.3, 0.4) is 0 Å². The zero-order valence-corrected chi connectivity index (χ0v) is 42.1. The molecule has 0 aromatic heterocycles. The first kappa shape index (κ1) is 54.6. The van der Waals surface area contributed by atoms with Gasteiger partial charge in [0.1, 0.15) is 47.0 Å². The maximum Gasteiger partial charge on any atom is 0.303 e. The van der Waals surface area contributed by atoms with Gasteiger partial charge in [0.05, 0.1) is 54.9 Å². The Kier molecular flexibility index (Phi) is 15.7. The molecule has 0 fully saturated rings. The molecular weight excluding hydrogens is 1020 g/mol. The van der Waals surface area contributed by atoms with Gasteiger partial charge < -0.3 is 42.2 Å². The Morgan fingerprint density at radius 2 is 1.27 bits per heavy atom. The van der Waals surface area contributed by atoms with E-state index in [0.717, 1.165) is 12.1 Å². The summed E-state index contributed by atoms with van der Waals surface area (Å²) in [5.41, 5.74) is -0.507. The molecule has 6 rings (SSSR count). The summed E-state index contributed by atoms with van der Waals surface area (Å²) >= 11 is 0. The van der Waals surface area contributed by atoms with Gasteiger partial charge in [-0.05, 0) is 111 Å². The number of rotatable bonds is 22. The molecule has 21 nitrogen and oxygen atoms in total. The van der Waals surface area contributed by atoms with Crippen molar-refractivity contribution in [3.8, 4) is 0 Å². The van der Waals surface area contributed by atoms with Gasteiger partial charge in [0, 0.05) is 72.1 Å². The van der Waals surface area contributed by atoms with Gasteiger partial charge in [-0.3, -0.25) is 4.79 Å². The van der Waals surface area contributed by atoms with Crippen LogP contribution in [0, 0.1) is 0 Å². The van der Waals surface area contributed by atoms with Crippen LogP contribution in [0.2, 0.25) is 0 Å². The zero-order chi connectivity index (χ0) is 52.0. The third-order valence-corrected chi connectivity index (χ3v) is 16.7. The van der Waals surface area contributed by atoms with Crippen LogP contribution in [0.1, 0.15) is 70.4 Å². The lowest BCUT2D eigenvalue weighted by Gasteiger charge is -2.31. The van der Waals surface area contributed by atoms with E-state index in [-0.39, 0.29) is 79.3 Å². The standard InChI is InChI=1S/C44H52N2O19S5/c1-43(2)38(45(18-7-5-6-12-40(47)48)34-15-13-30-32(41(34)43)24-28(67(52,53)54)26-36(30)69(58,59)60)10-8-11-39-44(3,17-9-23-66(49,50)51)42-33-25-29(68(55,56)57)27-37(70(61,62)63)31(33)14-16-35(42)46(39)19-20-65-22-21-64-4/h8,10-11,13-16,24-27H,5-7,9,12,17-23H2,1-4H3,(H5-,47,48,49,50,51,52,53,54,55,56,57,58,59,60,61,62,63)/p-4. The molecule has 0 spiro atoms. The van der Waals surface area contributed by atoms with E-state index in [9.17, 15) is 74.8 Å². The maximum atomic E-state index is 12.7. The van der Waals surface area contributed by atoms with Crippen molar-refractivity contribution in [3.63, 3.8) is 0 Å². The van der Waals surface area contributed by atoms with Crippen molar-refractivity contribution >= 4 is 95.2 Å². The van der Waals surface area contributed by atoms with E-state index in [2.05, 4.69) is 0 Å². The molecule has 0 saturated heterocycles. The van der Waals surface area contributed by atoms with Gasteiger partial charge >= 0.3 is 5.97 Å². The highest BCUT2D eigenvalue weighted by molar-refractivity contribution is 7.87. The predicted molar refractivity (Wildman–Crippen MR) is 247 cm³/mol. The molecule has 0 radical (unpaired) electrons. The Hall–Kier alpha value is -4.71. The van der Waals surface area contributed by atoms with E-state index in [0.29, 0.717) is 59.7 Å². The molecule has 4 aromatic rings. The number of carboxylic acid groups (broad SMARTS) is 1. The van der Waals surface area contributed by atoms with Crippen LogP contribution in [-0.2, 0) is 75.7 Å². The number of anilines is 1. The summed E-state index contributed by atoms with van der Waals surface area (Å²) in [5, 5.41) is 8.68. The van der Waals surface area contributed by atoms with Gasteiger partial charge in [-0.15, -0.1) is 0 Å². The average molecular weight is 1070 g/mol. The second-order valence-corrected chi connectivity index (χ2v) is 24.5. The lowest BCUT2D eigenvalue weighted by molar-refractivity contribution is -0.438. The topological polar surface area (TPSA) is 348 Å². The lowest BCUT2D eigenvalue weighted by atomic mass is 9.75. The molecule has 2 heterocycles. The summed E-state index contributed by atoms with van der Waals surface area (Å²) in [6, 6.07) is 8.50. The molecule has 1 N–H and O–H groups in total. The molecule has 0 bridgehead atoms. The molecule has 0 amide bonds. The number of hydrogen-bond acceptors (Lipinski definition) is 19. The number of fused-ring (bicyclic) bond motifs is 6. The van der Waals surface area contributed by atoms with Gasteiger partial charge in [0.2, 0.25) is 5.69 Å².